The Balaban J connectivity index is 1.90. The molecule has 3 rings (SSSR count). The van der Waals surface area contributed by atoms with Gasteiger partial charge < -0.3 is 9.47 Å². The van der Waals surface area contributed by atoms with Crippen LogP contribution in [-0.4, -0.2) is 6.61 Å². The molecular weight excluding hydrogens is 506 g/mol. The molecule has 0 heterocycles. The molecular formula is C25H21Br2NO2. The molecule has 0 atom stereocenters. The summed E-state index contributed by atoms with van der Waals surface area (Å²) in [5, 5.41) is 9.67. The molecule has 0 amide bonds. The van der Waals surface area contributed by atoms with Crippen LogP contribution in [0.2, 0.25) is 0 Å². The van der Waals surface area contributed by atoms with Crippen LogP contribution < -0.4 is 9.47 Å². The summed E-state index contributed by atoms with van der Waals surface area (Å²) in [7, 11) is 0. The van der Waals surface area contributed by atoms with Gasteiger partial charge in [0.2, 0.25) is 0 Å². The lowest BCUT2D eigenvalue weighted by Crippen LogP contribution is -2.00. The zero-order valence-electron chi connectivity index (χ0n) is 16.8. The van der Waals surface area contributed by atoms with Crippen molar-refractivity contribution in [2.24, 2.45) is 0 Å². The molecule has 3 aromatic carbocycles. The first-order valence-corrected chi connectivity index (χ1v) is 11.1. The second-order valence-corrected chi connectivity index (χ2v) is 8.47. The van der Waals surface area contributed by atoms with Gasteiger partial charge in [0.15, 0.2) is 11.5 Å². The van der Waals surface area contributed by atoms with Crippen molar-refractivity contribution in [1.82, 2.24) is 0 Å². The SMILES string of the molecule is CCOc1cc(/C=C(/C#N)c2ccc(C)cc2)c(Br)cc1OCc1ccc(Br)cc1. The summed E-state index contributed by atoms with van der Waals surface area (Å²) in [5.41, 5.74) is 4.53. The Labute approximate surface area is 194 Å². The van der Waals surface area contributed by atoms with E-state index in [2.05, 4.69) is 37.9 Å². The largest absolute Gasteiger partial charge is 0.490 e. The van der Waals surface area contributed by atoms with Crippen molar-refractivity contribution in [3.63, 3.8) is 0 Å². The number of allylic oxidation sites excluding steroid dienone is 1. The Hall–Kier alpha value is -2.55. The Bertz CT molecular complexity index is 1080. The Morgan fingerprint density at radius 1 is 0.967 bits per heavy atom. The second-order valence-electron chi connectivity index (χ2n) is 6.70. The van der Waals surface area contributed by atoms with Crippen LogP contribution in [0.1, 0.15) is 29.2 Å². The average molecular weight is 527 g/mol. The molecule has 0 aliphatic rings. The fraction of sp³-hybridized carbons (Fsp3) is 0.160. The summed E-state index contributed by atoms with van der Waals surface area (Å²) in [6.45, 7) is 4.91. The lowest BCUT2D eigenvalue weighted by molar-refractivity contribution is 0.269. The van der Waals surface area contributed by atoms with E-state index in [4.69, 9.17) is 9.47 Å². The molecule has 0 unspecified atom stereocenters. The third-order valence-electron chi connectivity index (χ3n) is 4.45. The van der Waals surface area contributed by atoms with Gasteiger partial charge in [-0.3, -0.25) is 0 Å². The normalized spacial score (nSPS) is 11.1. The van der Waals surface area contributed by atoms with Crippen molar-refractivity contribution in [3.8, 4) is 17.6 Å². The minimum absolute atomic E-state index is 0.432. The van der Waals surface area contributed by atoms with Crippen LogP contribution in [0.5, 0.6) is 11.5 Å². The van der Waals surface area contributed by atoms with E-state index in [-0.39, 0.29) is 0 Å². The van der Waals surface area contributed by atoms with Crippen molar-refractivity contribution in [3.05, 3.63) is 91.9 Å². The molecule has 3 aromatic rings. The molecule has 152 valence electrons. The molecule has 3 nitrogen and oxygen atoms in total. The van der Waals surface area contributed by atoms with Crippen LogP contribution in [0.25, 0.3) is 11.6 Å². The highest BCUT2D eigenvalue weighted by atomic mass is 79.9. The fourth-order valence-electron chi connectivity index (χ4n) is 2.85. The Kier molecular flexibility index (Phi) is 7.73. The molecule has 0 saturated heterocycles. The highest BCUT2D eigenvalue weighted by Gasteiger charge is 2.12. The molecule has 0 spiro atoms. The van der Waals surface area contributed by atoms with Crippen molar-refractivity contribution < 1.29 is 9.47 Å². The molecule has 30 heavy (non-hydrogen) atoms. The fourth-order valence-corrected chi connectivity index (χ4v) is 3.55. The lowest BCUT2D eigenvalue weighted by atomic mass is 10.0. The van der Waals surface area contributed by atoms with Crippen LogP contribution in [0, 0.1) is 18.3 Å². The number of nitrogens with zero attached hydrogens (tertiary/aromatic N) is 1. The molecule has 0 aliphatic heterocycles. The summed E-state index contributed by atoms with van der Waals surface area (Å²) in [6, 6.07) is 22.0. The first-order chi connectivity index (χ1) is 14.5. The van der Waals surface area contributed by atoms with Gasteiger partial charge in [0.1, 0.15) is 6.61 Å². The molecule has 0 saturated carbocycles. The maximum absolute atomic E-state index is 9.67. The third-order valence-corrected chi connectivity index (χ3v) is 5.67. The monoisotopic (exact) mass is 525 g/mol. The van der Waals surface area contributed by atoms with Gasteiger partial charge in [-0.2, -0.15) is 5.26 Å². The van der Waals surface area contributed by atoms with Crippen molar-refractivity contribution in [2.75, 3.05) is 6.61 Å². The van der Waals surface area contributed by atoms with E-state index in [1.165, 1.54) is 0 Å². The number of halogens is 2. The van der Waals surface area contributed by atoms with E-state index in [0.29, 0.717) is 30.3 Å². The van der Waals surface area contributed by atoms with Crippen molar-refractivity contribution in [1.29, 1.82) is 5.26 Å². The van der Waals surface area contributed by atoms with E-state index in [1.54, 1.807) is 0 Å². The van der Waals surface area contributed by atoms with Crippen LogP contribution in [0.15, 0.2) is 69.6 Å². The van der Waals surface area contributed by atoms with Gasteiger partial charge in [-0.1, -0.05) is 73.8 Å². The van der Waals surface area contributed by atoms with Gasteiger partial charge >= 0.3 is 0 Å². The summed E-state index contributed by atoms with van der Waals surface area (Å²) in [4.78, 5) is 0. The molecule has 0 radical (unpaired) electrons. The Morgan fingerprint density at radius 3 is 2.27 bits per heavy atom. The molecule has 0 fully saturated rings. The number of nitriles is 1. The molecule has 0 aliphatic carbocycles. The van der Waals surface area contributed by atoms with Gasteiger partial charge in [0, 0.05) is 8.95 Å². The van der Waals surface area contributed by atoms with Gasteiger partial charge in [-0.25, -0.2) is 0 Å². The van der Waals surface area contributed by atoms with Gasteiger partial charge in [0.25, 0.3) is 0 Å². The first kappa shape index (κ1) is 22.1. The van der Waals surface area contributed by atoms with Crippen LogP contribution >= 0.6 is 31.9 Å². The number of aryl methyl sites for hydroxylation is 1. The standard InChI is InChI=1S/C25H21Br2NO2/c1-3-29-24-13-20(12-21(15-28)19-8-4-17(2)5-9-19)23(27)14-25(24)30-16-18-6-10-22(26)11-7-18/h4-14H,3,16H2,1-2H3/b21-12-. The number of ether oxygens (including phenoxy) is 2. The van der Waals surface area contributed by atoms with E-state index >= 15 is 0 Å². The highest BCUT2D eigenvalue weighted by Crippen LogP contribution is 2.36. The zero-order chi connectivity index (χ0) is 21.5. The second kappa shape index (κ2) is 10.5. The van der Waals surface area contributed by atoms with Crippen LogP contribution in [0.4, 0.5) is 0 Å². The van der Waals surface area contributed by atoms with E-state index < -0.39 is 0 Å². The topological polar surface area (TPSA) is 42.2 Å². The van der Waals surface area contributed by atoms with Crippen molar-refractivity contribution >= 4 is 43.5 Å². The number of hydrogen-bond acceptors (Lipinski definition) is 3. The maximum Gasteiger partial charge on any atom is 0.162 e. The minimum Gasteiger partial charge on any atom is -0.490 e. The quantitative estimate of drug-likeness (QED) is 0.235. The van der Waals surface area contributed by atoms with Gasteiger partial charge in [0.05, 0.1) is 18.2 Å². The molecule has 0 N–H and O–H groups in total. The number of rotatable bonds is 7. The zero-order valence-corrected chi connectivity index (χ0v) is 20.0. The first-order valence-electron chi connectivity index (χ1n) is 9.52. The maximum atomic E-state index is 9.67. The summed E-state index contributed by atoms with van der Waals surface area (Å²) < 4.78 is 13.7. The lowest BCUT2D eigenvalue weighted by Gasteiger charge is -2.14. The third kappa shape index (κ3) is 5.75. The number of hydrogen-bond donors (Lipinski definition) is 0. The predicted octanol–water partition coefficient (Wildman–Crippen LogP) is 7.56. The summed E-state index contributed by atoms with van der Waals surface area (Å²) in [6.07, 6.45) is 1.86. The minimum atomic E-state index is 0.432. The molecule has 0 bridgehead atoms. The molecule has 0 aromatic heterocycles. The van der Waals surface area contributed by atoms with Gasteiger partial charge in [-0.15, -0.1) is 0 Å². The molecule has 5 heteroatoms. The van der Waals surface area contributed by atoms with Gasteiger partial charge in [-0.05, 0) is 60.9 Å². The smallest absolute Gasteiger partial charge is 0.162 e. The highest BCUT2D eigenvalue weighted by molar-refractivity contribution is 9.10. The average Bonchev–Trinajstić information content (AvgIpc) is 2.74. The Morgan fingerprint density at radius 2 is 1.63 bits per heavy atom. The van der Waals surface area contributed by atoms with Crippen molar-refractivity contribution in [2.45, 2.75) is 20.5 Å². The summed E-state index contributed by atoms with van der Waals surface area (Å²) >= 11 is 7.06. The van der Waals surface area contributed by atoms with Crippen LogP contribution in [-0.2, 0) is 6.61 Å². The van der Waals surface area contributed by atoms with E-state index in [0.717, 1.165) is 31.2 Å². The summed E-state index contributed by atoms with van der Waals surface area (Å²) in [5.74, 6) is 1.29. The number of benzene rings is 3. The van der Waals surface area contributed by atoms with E-state index in [1.807, 2.05) is 80.6 Å². The van der Waals surface area contributed by atoms with Crippen LogP contribution in [0.3, 0.4) is 0 Å². The predicted molar refractivity (Wildman–Crippen MR) is 128 cm³/mol. The van der Waals surface area contributed by atoms with E-state index in [9.17, 15) is 5.26 Å².